The molecule has 0 aliphatic rings. The Labute approximate surface area is 114 Å². The zero-order valence-corrected chi connectivity index (χ0v) is 12.3. The van der Waals surface area contributed by atoms with Gasteiger partial charge in [-0.25, -0.2) is 9.59 Å². The first-order valence-electron chi connectivity index (χ1n) is 5.37. The quantitative estimate of drug-likeness (QED) is 0.774. The van der Waals surface area contributed by atoms with Gasteiger partial charge in [0.15, 0.2) is 6.10 Å². The zero-order chi connectivity index (χ0) is 13.5. The van der Waals surface area contributed by atoms with Crippen LogP contribution in [0.25, 0.3) is 0 Å². The Bertz CT molecular complexity index is 265. The lowest BCUT2D eigenvalue weighted by Crippen LogP contribution is -2.35. The molecular formula is C11H22ClNO5. The van der Waals surface area contributed by atoms with Crippen molar-refractivity contribution >= 4 is 24.5 Å². The van der Waals surface area contributed by atoms with E-state index in [1.54, 1.807) is 20.8 Å². The predicted molar refractivity (Wildman–Crippen MR) is 68.9 cm³/mol. The molecule has 0 saturated heterocycles. The second-order valence-corrected chi connectivity index (χ2v) is 4.46. The van der Waals surface area contributed by atoms with Gasteiger partial charge in [-0.15, -0.1) is 12.4 Å². The molecule has 0 aliphatic carbocycles. The highest BCUT2D eigenvalue weighted by Crippen LogP contribution is 2.06. The first-order valence-corrected chi connectivity index (χ1v) is 5.37. The molecule has 0 saturated carbocycles. The molecule has 0 aliphatic heterocycles. The van der Waals surface area contributed by atoms with Gasteiger partial charge < -0.3 is 19.5 Å². The third-order valence-electron chi connectivity index (χ3n) is 1.82. The highest BCUT2D eigenvalue weighted by Gasteiger charge is 2.19. The molecule has 0 aromatic heterocycles. The van der Waals surface area contributed by atoms with Gasteiger partial charge in [0.1, 0.15) is 5.60 Å². The maximum absolute atomic E-state index is 11.3. The second-order valence-electron chi connectivity index (χ2n) is 4.46. The first-order chi connectivity index (χ1) is 7.80. The molecule has 0 fully saturated rings. The van der Waals surface area contributed by atoms with Crippen LogP contribution in [0, 0.1) is 0 Å². The summed E-state index contributed by atoms with van der Waals surface area (Å²) in [6.45, 7) is 5.61. The van der Waals surface area contributed by atoms with Gasteiger partial charge in [0.25, 0.3) is 0 Å². The summed E-state index contributed by atoms with van der Waals surface area (Å²) < 4.78 is 14.5. The largest absolute Gasteiger partial charge is 0.467 e. The summed E-state index contributed by atoms with van der Waals surface area (Å²) >= 11 is 0. The second kappa shape index (κ2) is 8.99. The predicted octanol–water partition coefficient (Wildman–Crippen LogP) is 1.51. The molecule has 0 unspecified atom stereocenters. The third-order valence-corrected chi connectivity index (χ3v) is 1.82. The van der Waals surface area contributed by atoms with Gasteiger partial charge in [-0.1, -0.05) is 0 Å². The van der Waals surface area contributed by atoms with Crippen LogP contribution in [0.3, 0.4) is 0 Å². The van der Waals surface area contributed by atoms with Crippen molar-refractivity contribution in [2.24, 2.45) is 0 Å². The van der Waals surface area contributed by atoms with E-state index < -0.39 is 23.8 Å². The van der Waals surface area contributed by atoms with E-state index in [4.69, 9.17) is 9.47 Å². The molecule has 0 spiro atoms. The van der Waals surface area contributed by atoms with E-state index in [0.29, 0.717) is 6.42 Å². The number of halogens is 1. The molecule has 0 aromatic rings. The van der Waals surface area contributed by atoms with Gasteiger partial charge in [0.2, 0.25) is 0 Å². The van der Waals surface area contributed by atoms with Crippen LogP contribution in [-0.2, 0) is 19.0 Å². The molecule has 1 N–H and O–H groups in total. The van der Waals surface area contributed by atoms with Crippen molar-refractivity contribution in [3.05, 3.63) is 0 Å². The molecule has 1 atom stereocenters. The van der Waals surface area contributed by atoms with Crippen molar-refractivity contribution in [2.75, 3.05) is 20.8 Å². The van der Waals surface area contributed by atoms with Crippen LogP contribution in [-0.4, -0.2) is 44.5 Å². The molecule has 6 nitrogen and oxygen atoms in total. The lowest BCUT2D eigenvalue weighted by Gasteiger charge is -2.20. The minimum absolute atomic E-state index is 0. The number of hydrogen-bond acceptors (Lipinski definition) is 5. The van der Waals surface area contributed by atoms with Crippen LogP contribution in [0.5, 0.6) is 0 Å². The number of methoxy groups -OCH3 is 2. The molecule has 0 bridgehead atoms. The van der Waals surface area contributed by atoms with E-state index in [-0.39, 0.29) is 19.0 Å². The number of nitrogens with one attached hydrogen (secondary N) is 1. The molecule has 18 heavy (non-hydrogen) atoms. The molecular weight excluding hydrogens is 262 g/mol. The number of esters is 1. The summed E-state index contributed by atoms with van der Waals surface area (Å²) in [5.74, 6) is -0.460. The number of carbonyl (C=O) groups is 2. The van der Waals surface area contributed by atoms with Gasteiger partial charge in [-0.3, -0.25) is 0 Å². The highest BCUT2D eigenvalue weighted by molar-refractivity contribution is 5.85. The van der Waals surface area contributed by atoms with E-state index in [2.05, 4.69) is 10.1 Å². The number of ether oxygens (including phenoxy) is 3. The molecule has 0 heterocycles. The van der Waals surface area contributed by atoms with E-state index in [1.165, 1.54) is 14.2 Å². The highest BCUT2D eigenvalue weighted by atomic mass is 35.5. The van der Waals surface area contributed by atoms with E-state index >= 15 is 0 Å². The van der Waals surface area contributed by atoms with Crippen LogP contribution < -0.4 is 5.32 Å². The van der Waals surface area contributed by atoms with Crippen LogP contribution in [0.15, 0.2) is 0 Å². The Hall–Kier alpha value is -1.01. The zero-order valence-electron chi connectivity index (χ0n) is 11.4. The standard InChI is InChI=1S/C11H21NO5.ClH/c1-11(2,3)17-10(14)12-7-6-8(15-4)9(13)16-5;/h8H,6-7H2,1-5H3,(H,12,14);1H/t8-;/m1./s1. The maximum Gasteiger partial charge on any atom is 0.407 e. The fourth-order valence-corrected chi connectivity index (χ4v) is 1.08. The monoisotopic (exact) mass is 283 g/mol. The molecule has 1 amide bonds. The normalized spacial score (nSPS) is 12.1. The average molecular weight is 284 g/mol. The van der Waals surface area contributed by atoms with Gasteiger partial charge in [-0.2, -0.15) is 0 Å². The number of alkyl carbamates (subject to hydrolysis) is 1. The molecule has 0 aromatic carbocycles. The Balaban J connectivity index is 0. The van der Waals surface area contributed by atoms with Crippen molar-refractivity contribution < 1.29 is 23.8 Å². The third kappa shape index (κ3) is 9.07. The summed E-state index contributed by atoms with van der Waals surface area (Å²) in [6.07, 6.45) is -0.852. The SMILES string of the molecule is COC(=O)[C@@H](CCNC(=O)OC(C)(C)C)OC.Cl. The average Bonchev–Trinajstić information content (AvgIpc) is 2.21. The minimum atomic E-state index is -0.671. The fourth-order valence-electron chi connectivity index (χ4n) is 1.08. The van der Waals surface area contributed by atoms with E-state index in [0.717, 1.165) is 0 Å². The molecule has 0 radical (unpaired) electrons. The molecule has 108 valence electrons. The smallest absolute Gasteiger partial charge is 0.407 e. The summed E-state index contributed by atoms with van der Waals surface area (Å²) in [6, 6.07) is 0. The van der Waals surface area contributed by atoms with Crippen molar-refractivity contribution in [3.63, 3.8) is 0 Å². The van der Waals surface area contributed by atoms with Crippen molar-refractivity contribution in [3.8, 4) is 0 Å². The molecule has 7 heteroatoms. The lowest BCUT2D eigenvalue weighted by atomic mass is 10.2. The van der Waals surface area contributed by atoms with Crippen LogP contribution in [0.1, 0.15) is 27.2 Å². The van der Waals surface area contributed by atoms with Crippen LogP contribution >= 0.6 is 12.4 Å². The van der Waals surface area contributed by atoms with Crippen molar-refractivity contribution in [1.82, 2.24) is 5.32 Å². The Morgan fingerprint density at radius 2 is 1.78 bits per heavy atom. The minimum Gasteiger partial charge on any atom is -0.467 e. The number of carbonyl (C=O) groups excluding carboxylic acids is 2. The topological polar surface area (TPSA) is 73.9 Å². The van der Waals surface area contributed by atoms with Gasteiger partial charge in [-0.05, 0) is 20.8 Å². The van der Waals surface area contributed by atoms with Crippen molar-refractivity contribution in [1.29, 1.82) is 0 Å². The Kier molecular flexibility index (Phi) is 9.66. The fraction of sp³-hybridized carbons (Fsp3) is 0.818. The Morgan fingerprint density at radius 3 is 2.17 bits per heavy atom. The number of hydrogen-bond donors (Lipinski definition) is 1. The van der Waals surface area contributed by atoms with Crippen molar-refractivity contribution in [2.45, 2.75) is 38.9 Å². The van der Waals surface area contributed by atoms with Crippen LogP contribution in [0.4, 0.5) is 4.79 Å². The maximum atomic E-state index is 11.3. The molecule has 0 rings (SSSR count). The summed E-state index contributed by atoms with van der Waals surface area (Å²) in [5.41, 5.74) is -0.535. The van der Waals surface area contributed by atoms with Gasteiger partial charge in [0, 0.05) is 20.1 Å². The number of rotatable bonds is 5. The first kappa shape index (κ1) is 19.3. The van der Waals surface area contributed by atoms with Gasteiger partial charge in [0.05, 0.1) is 7.11 Å². The summed E-state index contributed by atoms with van der Waals surface area (Å²) in [5, 5.41) is 2.53. The van der Waals surface area contributed by atoms with Crippen LogP contribution in [0.2, 0.25) is 0 Å². The van der Waals surface area contributed by atoms with E-state index in [1.807, 2.05) is 0 Å². The number of amides is 1. The van der Waals surface area contributed by atoms with E-state index in [9.17, 15) is 9.59 Å². The summed E-state index contributed by atoms with van der Waals surface area (Å²) in [7, 11) is 2.70. The lowest BCUT2D eigenvalue weighted by molar-refractivity contribution is -0.152. The Morgan fingerprint density at radius 1 is 1.22 bits per heavy atom. The van der Waals surface area contributed by atoms with Gasteiger partial charge >= 0.3 is 12.1 Å². The summed E-state index contributed by atoms with van der Waals surface area (Å²) in [4.78, 5) is 22.4.